The first-order valence-electron chi connectivity index (χ1n) is 8.93. The highest BCUT2D eigenvalue weighted by molar-refractivity contribution is 5.63. The molecule has 0 spiro atoms. The Morgan fingerprint density at radius 2 is 1.74 bits per heavy atom. The van der Waals surface area contributed by atoms with E-state index in [0.717, 1.165) is 42.3 Å². The highest BCUT2D eigenvalue weighted by Gasteiger charge is 2.30. The van der Waals surface area contributed by atoms with Crippen LogP contribution in [0.5, 0.6) is 0 Å². The molecule has 0 N–H and O–H groups in total. The molecule has 0 amide bonds. The zero-order valence-corrected chi connectivity index (χ0v) is 14.5. The minimum atomic E-state index is -0.255. The fraction of sp³-hybridized carbons (Fsp3) is 0.200. The molecule has 1 aliphatic rings. The fourth-order valence-corrected chi connectivity index (χ4v) is 3.78. The molecule has 5 rings (SSSR count). The van der Waals surface area contributed by atoms with E-state index in [1.807, 2.05) is 12.1 Å². The van der Waals surface area contributed by atoms with E-state index in [1.165, 1.54) is 12.1 Å². The largest absolute Gasteiger partial charge is 0.332 e. The van der Waals surface area contributed by atoms with Crippen molar-refractivity contribution in [1.82, 2.24) is 24.3 Å². The van der Waals surface area contributed by atoms with Gasteiger partial charge in [0.15, 0.2) is 0 Å². The summed E-state index contributed by atoms with van der Waals surface area (Å²) in [6.45, 7) is 0.902. The lowest BCUT2D eigenvalue weighted by atomic mass is 10.1. The average Bonchev–Trinajstić information content (AvgIpc) is 3.36. The molecule has 3 aromatic heterocycles. The van der Waals surface area contributed by atoms with Crippen molar-refractivity contribution in [2.24, 2.45) is 0 Å². The van der Waals surface area contributed by atoms with E-state index in [4.69, 9.17) is 0 Å². The number of aromatic nitrogens is 5. The number of halogens is 1. The molecular weight excluding hydrogens is 343 g/mol. The van der Waals surface area contributed by atoms with Crippen LogP contribution >= 0.6 is 0 Å². The zero-order chi connectivity index (χ0) is 18.2. The second-order valence-corrected chi connectivity index (χ2v) is 6.56. The van der Waals surface area contributed by atoms with Crippen molar-refractivity contribution in [3.8, 4) is 11.3 Å². The van der Waals surface area contributed by atoms with Crippen LogP contribution in [0.4, 0.5) is 10.3 Å². The second kappa shape index (κ2) is 6.42. The molecule has 4 aromatic rings. The van der Waals surface area contributed by atoms with E-state index in [2.05, 4.69) is 29.2 Å². The standard InChI is InChI=1S/C20H17FN6/c21-15-6-4-14(5-7-15)18-13-25-20-24-11-8-17(27(18)20)16-3-1-12-26(16)19-22-9-2-10-23-19/h2,4-11,13,16H,1,3,12H2. The lowest BCUT2D eigenvalue weighted by molar-refractivity contribution is 0.628. The van der Waals surface area contributed by atoms with Gasteiger partial charge in [-0.25, -0.2) is 24.3 Å². The molecule has 1 fully saturated rings. The van der Waals surface area contributed by atoms with Gasteiger partial charge in [0.05, 0.1) is 23.6 Å². The van der Waals surface area contributed by atoms with Crippen molar-refractivity contribution in [1.29, 1.82) is 0 Å². The lowest BCUT2D eigenvalue weighted by Crippen LogP contribution is -2.26. The van der Waals surface area contributed by atoms with Crippen LogP contribution in [-0.2, 0) is 0 Å². The Morgan fingerprint density at radius 1 is 0.926 bits per heavy atom. The number of hydrogen-bond acceptors (Lipinski definition) is 5. The SMILES string of the molecule is Fc1ccc(-c2cnc3nccc(C4CCCN4c4ncccn4)n23)cc1. The van der Waals surface area contributed by atoms with Gasteiger partial charge in [0.25, 0.3) is 0 Å². The van der Waals surface area contributed by atoms with Crippen molar-refractivity contribution in [2.45, 2.75) is 18.9 Å². The summed E-state index contributed by atoms with van der Waals surface area (Å²) in [5.41, 5.74) is 2.88. The van der Waals surface area contributed by atoms with Gasteiger partial charge in [-0.1, -0.05) is 0 Å². The lowest BCUT2D eigenvalue weighted by Gasteiger charge is -2.25. The molecule has 0 aliphatic carbocycles. The highest BCUT2D eigenvalue weighted by atomic mass is 19.1. The van der Waals surface area contributed by atoms with E-state index < -0.39 is 0 Å². The van der Waals surface area contributed by atoms with Crippen LogP contribution < -0.4 is 4.90 Å². The normalized spacial score (nSPS) is 16.9. The van der Waals surface area contributed by atoms with Gasteiger partial charge in [0, 0.05) is 30.7 Å². The third kappa shape index (κ3) is 2.71. The Labute approximate surface area is 155 Å². The summed E-state index contributed by atoms with van der Waals surface area (Å²) in [6, 6.07) is 10.4. The van der Waals surface area contributed by atoms with Crippen LogP contribution in [-0.4, -0.2) is 30.9 Å². The van der Waals surface area contributed by atoms with Crippen LogP contribution in [0.3, 0.4) is 0 Å². The first-order valence-corrected chi connectivity index (χ1v) is 8.93. The maximum Gasteiger partial charge on any atom is 0.234 e. The summed E-state index contributed by atoms with van der Waals surface area (Å²) >= 11 is 0. The molecule has 0 radical (unpaired) electrons. The predicted molar refractivity (Wildman–Crippen MR) is 99.7 cm³/mol. The molecule has 134 valence electrons. The molecule has 0 bridgehead atoms. The van der Waals surface area contributed by atoms with E-state index in [0.29, 0.717) is 5.78 Å². The first-order chi connectivity index (χ1) is 13.3. The Morgan fingerprint density at radius 3 is 2.56 bits per heavy atom. The minimum absolute atomic E-state index is 0.131. The summed E-state index contributed by atoms with van der Waals surface area (Å²) in [6.07, 6.45) is 9.17. The Bertz CT molecular complexity index is 1080. The van der Waals surface area contributed by atoms with Crippen LogP contribution in [0.1, 0.15) is 24.6 Å². The van der Waals surface area contributed by atoms with Gasteiger partial charge in [-0.3, -0.25) is 4.40 Å². The number of rotatable bonds is 3. The topological polar surface area (TPSA) is 59.2 Å². The summed E-state index contributed by atoms with van der Waals surface area (Å²) in [7, 11) is 0. The molecule has 4 heterocycles. The Kier molecular flexibility index (Phi) is 3.78. The fourth-order valence-electron chi connectivity index (χ4n) is 3.78. The van der Waals surface area contributed by atoms with Crippen LogP contribution in [0.25, 0.3) is 17.0 Å². The molecule has 27 heavy (non-hydrogen) atoms. The number of imidazole rings is 1. The van der Waals surface area contributed by atoms with Crippen LogP contribution in [0, 0.1) is 5.82 Å². The van der Waals surface area contributed by atoms with Gasteiger partial charge in [-0.05, 0) is 49.2 Å². The van der Waals surface area contributed by atoms with Gasteiger partial charge < -0.3 is 4.90 Å². The quantitative estimate of drug-likeness (QED) is 0.558. The number of benzene rings is 1. The molecule has 1 aromatic carbocycles. The number of nitrogens with zero attached hydrogens (tertiary/aromatic N) is 6. The van der Waals surface area contributed by atoms with Crippen molar-refractivity contribution in [3.63, 3.8) is 0 Å². The summed E-state index contributed by atoms with van der Waals surface area (Å²) in [5.74, 6) is 1.11. The molecule has 1 saturated heterocycles. The summed E-state index contributed by atoms with van der Waals surface area (Å²) in [4.78, 5) is 19.9. The third-order valence-corrected chi connectivity index (χ3v) is 4.98. The van der Waals surface area contributed by atoms with Crippen molar-refractivity contribution in [3.05, 3.63) is 72.7 Å². The summed E-state index contributed by atoms with van der Waals surface area (Å²) in [5, 5.41) is 0. The van der Waals surface area contributed by atoms with E-state index in [9.17, 15) is 4.39 Å². The third-order valence-electron chi connectivity index (χ3n) is 4.98. The van der Waals surface area contributed by atoms with Gasteiger partial charge in [0.2, 0.25) is 11.7 Å². The van der Waals surface area contributed by atoms with E-state index in [1.54, 1.807) is 36.9 Å². The number of fused-ring (bicyclic) bond motifs is 1. The maximum absolute atomic E-state index is 13.4. The number of hydrogen-bond donors (Lipinski definition) is 0. The number of anilines is 1. The molecule has 1 unspecified atom stereocenters. The second-order valence-electron chi connectivity index (χ2n) is 6.56. The first kappa shape index (κ1) is 15.9. The van der Waals surface area contributed by atoms with E-state index >= 15 is 0 Å². The Hall–Kier alpha value is -3.35. The molecular formula is C20H17FN6. The van der Waals surface area contributed by atoms with Gasteiger partial charge in [-0.15, -0.1) is 0 Å². The molecule has 1 atom stereocenters. The van der Waals surface area contributed by atoms with Gasteiger partial charge >= 0.3 is 0 Å². The highest BCUT2D eigenvalue weighted by Crippen LogP contribution is 2.35. The van der Waals surface area contributed by atoms with Crippen LogP contribution in [0.15, 0.2) is 61.2 Å². The van der Waals surface area contributed by atoms with Crippen molar-refractivity contribution >= 4 is 11.7 Å². The smallest absolute Gasteiger partial charge is 0.234 e. The molecule has 0 saturated carbocycles. The molecule has 1 aliphatic heterocycles. The molecule has 7 heteroatoms. The van der Waals surface area contributed by atoms with Crippen LogP contribution in [0.2, 0.25) is 0 Å². The monoisotopic (exact) mass is 360 g/mol. The van der Waals surface area contributed by atoms with Crippen molar-refractivity contribution in [2.75, 3.05) is 11.4 Å². The van der Waals surface area contributed by atoms with Gasteiger partial charge in [0.1, 0.15) is 5.82 Å². The molecule has 6 nitrogen and oxygen atoms in total. The van der Waals surface area contributed by atoms with Crippen molar-refractivity contribution < 1.29 is 4.39 Å². The predicted octanol–water partition coefficient (Wildman–Crippen LogP) is 3.67. The summed E-state index contributed by atoms with van der Waals surface area (Å²) < 4.78 is 15.4. The van der Waals surface area contributed by atoms with Gasteiger partial charge in [-0.2, -0.15) is 0 Å². The van der Waals surface area contributed by atoms with E-state index in [-0.39, 0.29) is 11.9 Å². The maximum atomic E-state index is 13.4. The minimum Gasteiger partial charge on any atom is -0.332 e. The zero-order valence-electron chi connectivity index (χ0n) is 14.5. The Balaban J connectivity index is 1.65. The average molecular weight is 360 g/mol.